The molecule has 6 heteroatoms. The second-order valence-electron chi connectivity index (χ2n) is 11.1. The standard InChI is InChI=1S/C35H32N4O2/c1-3-8-32-37-33-22(2)19-25(34-36-29-11-6-7-12-30(29)39(34)26-17-18-26)20-31(33)38(32)21-23-13-15-24(16-14-23)27-9-4-5-10-28(27)35(40)41/h4-7,9-16,19-20,26H,3,8,17-18,21H2,1-2H3,(H,40,41). The summed E-state index contributed by atoms with van der Waals surface area (Å²) in [5, 5.41) is 9.64. The van der Waals surface area contributed by atoms with E-state index in [9.17, 15) is 9.90 Å². The van der Waals surface area contributed by atoms with Gasteiger partial charge in [0.25, 0.3) is 0 Å². The number of carboxylic acids is 1. The zero-order chi connectivity index (χ0) is 28.1. The molecule has 1 aliphatic carbocycles. The van der Waals surface area contributed by atoms with E-state index in [4.69, 9.17) is 9.97 Å². The third kappa shape index (κ3) is 4.49. The topological polar surface area (TPSA) is 72.9 Å². The SMILES string of the molecule is CCCc1nc2c(C)cc(-c3nc4ccccc4n3C3CC3)cc2n1Cc1ccc(-c2ccccc2C(=O)O)cc1. The van der Waals surface area contributed by atoms with Crippen molar-refractivity contribution in [3.05, 3.63) is 107 Å². The number of para-hydroxylation sites is 2. The van der Waals surface area contributed by atoms with Gasteiger partial charge in [-0.3, -0.25) is 0 Å². The highest BCUT2D eigenvalue weighted by atomic mass is 16.4. The fourth-order valence-corrected chi connectivity index (χ4v) is 6.00. The molecule has 0 radical (unpaired) electrons. The summed E-state index contributed by atoms with van der Waals surface area (Å²) in [5.74, 6) is 1.20. The highest BCUT2D eigenvalue weighted by Gasteiger charge is 2.29. The lowest BCUT2D eigenvalue weighted by atomic mass is 9.98. The monoisotopic (exact) mass is 540 g/mol. The van der Waals surface area contributed by atoms with Crippen LogP contribution in [0.1, 0.15) is 59.5 Å². The van der Waals surface area contributed by atoms with Crippen molar-refractivity contribution in [1.82, 2.24) is 19.1 Å². The minimum Gasteiger partial charge on any atom is -0.478 e. The molecule has 6 aromatic rings. The van der Waals surface area contributed by atoms with Crippen LogP contribution < -0.4 is 0 Å². The Bertz CT molecular complexity index is 1930. The molecular formula is C35H32N4O2. The molecule has 1 N–H and O–H groups in total. The zero-order valence-electron chi connectivity index (χ0n) is 23.3. The smallest absolute Gasteiger partial charge is 0.336 e. The van der Waals surface area contributed by atoms with E-state index in [0.717, 1.165) is 68.9 Å². The van der Waals surface area contributed by atoms with Gasteiger partial charge in [0, 0.05) is 24.6 Å². The molecule has 6 nitrogen and oxygen atoms in total. The molecule has 41 heavy (non-hydrogen) atoms. The maximum Gasteiger partial charge on any atom is 0.336 e. The molecular weight excluding hydrogens is 508 g/mol. The normalized spacial score (nSPS) is 13.3. The number of hydrogen-bond acceptors (Lipinski definition) is 3. The minimum absolute atomic E-state index is 0.311. The summed E-state index contributed by atoms with van der Waals surface area (Å²) < 4.78 is 4.77. The summed E-state index contributed by atoms with van der Waals surface area (Å²) in [7, 11) is 0. The number of nitrogens with zero attached hydrogens (tertiary/aromatic N) is 4. The van der Waals surface area contributed by atoms with Gasteiger partial charge < -0.3 is 14.2 Å². The van der Waals surface area contributed by atoms with Gasteiger partial charge in [0.1, 0.15) is 11.6 Å². The number of fused-ring (bicyclic) bond motifs is 2. The van der Waals surface area contributed by atoms with Crippen LogP contribution in [0.15, 0.2) is 84.9 Å². The van der Waals surface area contributed by atoms with Crippen LogP contribution >= 0.6 is 0 Å². The van der Waals surface area contributed by atoms with Crippen molar-refractivity contribution in [3.8, 4) is 22.5 Å². The highest BCUT2D eigenvalue weighted by molar-refractivity contribution is 5.96. The zero-order valence-corrected chi connectivity index (χ0v) is 23.3. The van der Waals surface area contributed by atoms with Crippen LogP contribution in [0.4, 0.5) is 0 Å². The van der Waals surface area contributed by atoms with Crippen molar-refractivity contribution in [2.24, 2.45) is 0 Å². The van der Waals surface area contributed by atoms with Crippen LogP contribution in [0.2, 0.25) is 0 Å². The van der Waals surface area contributed by atoms with Crippen LogP contribution in [-0.4, -0.2) is 30.2 Å². The minimum atomic E-state index is -0.917. The number of rotatable bonds is 8. The van der Waals surface area contributed by atoms with E-state index in [1.807, 2.05) is 24.3 Å². The summed E-state index contributed by atoms with van der Waals surface area (Å²) in [4.78, 5) is 22.0. The Balaban J connectivity index is 1.31. The number of aryl methyl sites for hydroxylation is 2. The summed E-state index contributed by atoms with van der Waals surface area (Å²) in [6.45, 7) is 5.03. The Morgan fingerprint density at radius 2 is 1.66 bits per heavy atom. The molecule has 0 amide bonds. The summed E-state index contributed by atoms with van der Waals surface area (Å²) in [6, 6.07) is 28.8. The van der Waals surface area contributed by atoms with Crippen molar-refractivity contribution in [3.63, 3.8) is 0 Å². The average molecular weight is 541 g/mol. The molecule has 1 saturated carbocycles. The third-order valence-corrected chi connectivity index (χ3v) is 8.13. The molecule has 4 aromatic carbocycles. The van der Waals surface area contributed by atoms with Crippen molar-refractivity contribution < 1.29 is 9.90 Å². The van der Waals surface area contributed by atoms with E-state index in [1.54, 1.807) is 12.1 Å². The summed E-state index contributed by atoms with van der Waals surface area (Å²) in [6.07, 6.45) is 4.30. The second kappa shape index (κ2) is 10.0. The number of hydrogen-bond donors (Lipinski definition) is 1. The van der Waals surface area contributed by atoms with Crippen LogP contribution in [0, 0.1) is 6.92 Å². The average Bonchev–Trinajstić information content (AvgIpc) is 3.66. The van der Waals surface area contributed by atoms with Crippen LogP contribution in [0.25, 0.3) is 44.6 Å². The lowest BCUT2D eigenvalue weighted by Crippen LogP contribution is -2.05. The van der Waals surface area contributed by atoms with E-state index in [2.05, 4.69) is 71.5 Å². The second-order valence-corrected chi connectivity index (χ2v) is 11.1. The van der Waals surface area contributed by atoms with E-state index in [0.29, 0.717) is 18.2 Å². The molecule has 7 rings (SSSR count). The molecule has 0 aliphatic heterocycles. The Labute approximate surface area is 238 Å². The van der Waals surface area contributed by atoms with Gasteiger partial charge in [-0.25, -0.2) is 14.8 Å². The van der Waals surface area contributed by atoms with E-state index >= 15 is 0 Å². The molecule has 1 fully saturated rings. The predicted molar refractivity (Wildman–Crippen MR) is 163 cm³/mol. The number of carbonyl (C=O) groups is 1. The van der Waals surface area contributed by atoms with E-state index < -0.39 is 5.97 Å². The van der Waals surface area contributed by atoms with E-state index in [-0.39, 0.29) is 0 Å². The predicted octanol–water partition coefficient (Wildman–Crippen LogP) is 8.06. The van der Waals surface area contributed by atoms with Crippen molar-refractivity contribution in [1.29, 1.82) is 0 Å². The Morgan fingerprint density at radius 1 is 0.902 bits per heavy atom. The van der Waals surface area contributed by atoms with Gasteiger partial charge in [-0.15, -0.1) is 0 Å². The first-order valence-corrected chi connectivity index (χ1v) is 14.4. The van der Waals surface area contributed by atoms with Crippen LogP contribution in [-0.2, 0) is 13.0 Å². The third-order valence-electron chi connectivity index (χ3n) is 8.13. The molecule has 0 unspecified atom stereocenters. The molecule has 1 aliphatic rings. The van der Waals surface area contributed by atoms with Gasteiger partial charge >= 0.3 is 5.97 Å². The number of aromatic carboxylic acids is 1. The number of imidazole rings is 2. The first kappa shape index (κ1) is 25.3. The van der Waals surface area contributed by atoms with Crippen molar-refractivity contribution in [2.45, 2.75) is 52.1 Å². The van der Waals surface area contributed by atoms with E-state index in [1.165, 1.54) is 18.4 Å². The van der Waals surface area contributed by atoms with Gasteiger partial charge in [-0.2, -0.15) is 0 Å². The van der Waals surface area contributed by atoms with Gasteiger partial charge in [-0.05, 0) is 78.8 Å². The molecule has 0 bridgehead atoms. The Hall–Kier alpha value is -4.71. The highest BCUT2D eigenvalue weighted by Crippen LogP contribution is 2.42. The van der Waals surface area contributed by atoms with Crippen LogP contribution in [0.5, 0.6) is 0 Å². The van der Waals surface area contributed by atoms with Gasteiger partial charge in [0.2, 0.25) is 0 Å². The number of benzene rings is 4. The maximum absolute atomic E-state index is 11.8. The first-order chi connectivity index (χ1) is 20.0. The molecule has 2 heterocycles. The largest absolute Gasteiger partial charge is 0.478 e. The molecule has 0 saturated heterocycles. The fraction of sp³-hybridized carbons (Fsp3) is 0.229. The Morgan fingerprint density at radius 3 is 2.41 bits per heavy atom. The van der Waals surface area contributed by atoms with Crippen LogP contribution in [0.3, 0.4) is 0 Å². The lowest BCUT2D eigenvalue weighted by Gasteiger charge is -2.13. The summed E-state index contributed by atoms with van der Waals surface area (Å²) >= 11 is 0. The number of aromatic nitrogens is 4. The first-order valence-electron chi connectivity index (χ1n) is 14.4. The molecule has 2 aromatic heterocycles. The molecule has 0 atom stereocenters. The molecule has 0 spiro atoms. The van der Waals surface area contributed by atoms with Crippen molar-refractivity contribution >= 4 is 28.0 Å². The summed E-state index contributed by atoms with van der Waals surface area (Å²) in [5.41, 5.74) is 9.77. The quantitative estimate of drug-likeness (QED) is 0.212. The van der Waals surface area contributed by atoms with Gasteiger partial charge in [0.15, 0.2) is 0 Å². The maximum atomic E-state index is 11.8. The molecule has 204 valence electrons. The number of carboxylic acid groups (broad SMARTS) is 1. The van der Waals surface area contributed by atoms with Gasteiger partial charge in [0.05, 0.1) is 27.6 Å². The van der Waals surface area contributed by atoms with Gasteiger partial charge in [-0.1, -0.05) is 61.5 Å². The van der Waals surface area contributed by atoms with Crippen molar-refractivity contribution in [2.75, 3.05) is 0 Å². The lowest BCUT2D eigenvalue weighted by molar-refractivity contribution is 0.0697. The fourth-order valence-electron chi connectivity index (χ4n) is 6.00. The Kier molecular flexibility index (Phi) is 6.19.